The van der Waals surface area contributed by atoms with E-state index in [-0.39, 0.29) is 5.75 Å². The van der Waals surface area contributed by atoms with Crippen molar-refractivity contribution in [2.75, 3.05) is 0 Å². The van der Waals surface area contributed by atoms with Crippen molar-refractivity contribution in [3.05, 3.63) is 27.7 Å². The minimum absolute atomic E-state index is 0.163. The highest BCUT2D eigenvalue weighted by atomic mass is 79.9. The molecule has 1 aromatic carbocycles. The highest BCUT2D eigenvalue weighted by molar-refractivity contribution is 9.10. The third-order valence-electron chi connectivity index (χ3n) is 3.03. The van der Waals surface area contributed by atoms with Crippen LogP contribution in [0.1, 0.15) is 44.7 Å². The second-order valence-corrected chi connectivity index (χ2v) is 6.38. The summed E-state index contributed by atoms with van der Waals surface area (Å²) in [5, 5.41) is 19.1. The zero-order valence-electron chi connectivity index (χ0n) is 11.1. The first kappa shape index (κ1) is 15.0. The highest BCUT2D eigenvalue weighted by Crippen LogP contribution is 2.34. The molecule has 2 N–H and O–H groups in total. The Hall–Kier alpha value is -1.03. The van der Waals surface area contributed by atoms with Gasteiger partial charge in [-0.15, -0.1) is 0 Å². The smallest absolute Gasteiger partial charge is 0.309 e. The van der Waals surface area contributed by atoms with E-state index in [4.69, 9.17) is 5.11 Å². The van der Waals surface area contributed by atoms with Gasteiger partial charge in [-0.05, 0) is 49.4 Å². The van der Waals surface area contributed by atoms with Gasteiger partial charge in [0.1, 0.15) is 5.75 Å². The fourth-order valence-electron chi connectivity index (χ4n) is 1.75. The number of rotatable bonds is 4. The Morgan fingerprint density at radius 3 is 2.39 bits per heavy atom. The van der Waals surface area contributed by atoms with E-state index < -0.39 is 11.4 Å². The molecule has 0 spiro atoms. The third kappa shape index (κ3) is 3.25. The molecule has 1 aromatic rings. The van der Waals surface area contributed by atoms with Crippen LogP contribution < -0.4 is 0 Å². The van der Waals surface area contributed by atoms with Crippen molar-refractivity contribution in [1.82, 2.24) is 0 Å². The number of aliphatic carboxylic acids is 1. The van der Waals surface area contributed by atoms with Crippen molar-refractivity contribution < 1.29 is 15.0 Å². The molecule has 0 fully saturated rings. The third-order valence-corrected chi connectivity index (χ3v) is 3.72. The van der Waals surface area contributed by atoms with Crippen LogP contribution in [0, 0.1) is 5.41 Å². The minimum Gasteiger partial charge on any atom is -0.508 e. The highest BCUT2D eigenvalue weighted by Gasteiger charge is 2.28. The second-order valence-electron chi connectivity index (χ2n) is 5.52. The summed E-state index contributed by atoms with van der Waals surface area (Å²) < 4.78 is 0.909. The normalized spacial score (nSPS) is 11.9. The first-order chi connectivity index (χ1) is 8.15. The molecule has 0 aliphatic rings. The predicted octanol–water partition coefficient (Wildman–Crippen LogP) is 3.93. The Kier molecular flexibility index (Phi) is 4.43. The van der Waals surface area contributed by atoms with Crippen molar-refractivity contribution >= 4 is 21.9 Å². The van der Waals surface area contributed by atoms with Gasteiger partial charge in [0.25, 0.3) is 0 Å². The monoisotopic (exact) mass is 314 g/mol. The van der Waals surface area contributed by atoms with Gasteiger partial charge in [-0.2, -0.15) is 0 Å². The number of carbonyl (C=O) groups is 1. The fraction of sp³-hybridized carbons (Fsp3) is 0.500. The number of aromatic hydroxyl groups is 1. The number of phenols is 1. The average molecular weight is 315 g/mol. The maximum Gasteiger partial charge on any atom is 0.309 e. The zero-order chi connectivity index (χ0) is 14.1. The van der Waals surface area contributed by atoms with E-state index in [9.17, 15) is 9.90 Å². The molecule has 18 heavy (non-hydrogen) atoms. The maximum absolute atomic E-state index is 11.1. The van der Waals surface area contributed by atoms with Gasteiger partial charge in [0.2, 0.25) is 0 Å². The van der Waals surface area contributed by atoms with Crippen molar-refractivity contribution in [3.63, 3.8) is 0 Å². The molecule has 0 saturated carbocycles. The molecule has 0 aliphatic carbocycles. The Labute approximate surface area is 116 Å². The van der Waals surface area contributed by atoms with Gasteiger partial charge < -0.3 is 10.2 Å². The largest absolute Gasteiger partial charge is 0.508 e. The number of hydrogen-bond donors (Lipinski definition) is 2. The molecule has 0 bridgehead atoms. The lowest BCUT2D eigenvalue weighted by Crippen LogP contribution is -2.26. The van der Waals surface area contributed by atoms with Crippen molar-refractivity contribution in [3.8, 4) is 5.75 Å². The molecule has 0 aliphatic heterocycles. The molecule has 0 heterocycles. The summed E-state index contributed by atoms with van der Waals surface area (Å²) in [6.45, 7) is 7.39. The Morgan fingerprint density at radius 2 is 1.94 bits per heavy atom. The quantitative estimate of drug-likeness (QED) is 0.885. The molecular formula is C14H19BrO3. The fourth-order valence-corrected chi connectivity index (χ4v) is 2.60. The predicted molar refractivity (Wildman–Crippen MR) is 75.0 cm³/mol. The van der Waals surface area contributed by atoms with E-state index >= 15 is 0 Å². The molecule has 3 nitrogen and oxygen atoms in total. The summed E-state index contributed by atoms with van der Waals surface area (Å²) in [6, 6.07) is 3.53. The summed E-state index contributed by atoms with van der Waals surface area (Å²) in [5.74, 6) is -0.408. The molecule has 0 saturated heterocycles. The van der Waals surface area contributed by atoms with Gasteiger partial charge in [-0.3, -0.25) is 4.79 Å². The maximum atomic E-state index is 11.1. The molecule has 0 amide bonds. The first-order valence-corrected chi connectivity index (χ1v) is 6.69. The number of phenolic OH excluding ortho intramolecular Hbond substituents is 1. The molecular weight excluding hydrogens is 296 g/mol. The van der Waals surface area contributed by atoms with Crippen LogP contribution in [0.5, 0.6) is 5.75 Å². The average Bonchev–Trinajstić information content (AvgIpc) is 2.21. The van der Waals surface area contributed by atoms with Crippen LogP contribution in [0.25, 0.3) is 0 Å². The number of hydrogen-bond acceptors (Lipinski definition) is 2. The number of halogens is 1. The lowest BCUT2D eigenvalue weighted by molar-refractivity contribution is -0.146. The van der Waals surface area contributed by atoms with E-state index in [0.29, 0.717) is 17.9 Å². The standard InChI is InChI=1S/C14H19BrO3/c1-8(2)10-6-12(16)9(5-11(10)15)7-14(3,4)13(17)18/h5-6,8,16H,7H2,1-4H3,(H,17,18). The molecule has 0 unspecified atom stereocenters. The molecule has 1 rings (SSSR count). The van der Waals surface area contributed by atoms with Gasteiger partial charge in [0.05, 0.1) is 5.41 Å². The van der Waals surface area contributed by atoms with Gasteiger partial charge in [-0.25, -0.2) is 0 Å². The van der Waals surface area contributed by atoms with Gasteiger partial charge in [0.15, 0.2) is 0 Å². The summed E-state index contributed by atoms with van der Waals surface area (Å²) in [7, 11) is 0. The van der Waals surface area contributed by atoms with Crippen molar-refractivity contribution in [2.24, 2.45) is 5.41 Å². The Morgan fingerprint density at radius 1 is 1.39 bits per heavy atom. The molecule has 0 atom stereocenters. The van der Waals surface area contributed by atoms with Crippen LogP contribution >= 0.6 is 15.9 Å². The Balaban J connectivity index is 3.13. The van der Waals surface area contributed by atoms with Crippen molar-refractivity contribution in [1.29, 1.82) is 0 Å². The summed E-state index contributed by atoms with van der Waals surface area (Å²) in [6.07, 6.45) is 0.297. The van der Waals surface area contributed by atoms with E-state index in [1.54, 1.807) is 19.9 Å². The lowest BCUT2D eigenvalue weighted by atomic mass is 9.85. The van der Waals surface area contributed by atoms with Gasteiger partial charge in [-0.1, -0.05) is 29.8 Å². The van der Waals surface area contributed by atoms with Crippen LogP contribution in [0.4, 0.5) is 0 Å². The Bertz CT molecular complexity index is 464. The lowest BCUT2D eigenvalue weighted by Gasteiger charge is -2.21. The molecule has 100 valence electrons. The van der Waals surface area contributed by atoms with E-state index in [1.807, 2.05) is 19.9 Å². The van der Waals surface area contributed by atoms with Gasteiger partial charge in [0, 0.05) is 4.47 Å². The molecule has 0 radical (unpaired) electrons. The topological polar surface area (TPSA) is 57.5 Å². The van der Waals surface area contributed by atoms with Crippen LogP contribution in [0.3, 0.4) is 0 Å². The molecule has 4 heteroatoms. The minimum atomic E-state index is -0.893. The summed E-state index contributed by atoms with van der Waals surface area (Å²) >= 11 is 3.47. The number of benzene rings is 1. The second kappa shape index (κ2) is 5.31. The van der Waals surface area contributed by atoms with E-state index in [2.05, 4.69) is 15.9 Å². The SMILES string of the molecule is CC(C)c1cc(O)c(CC(C)(C)C(=O)O)cc1Br. The van der Waals surface area contributed by atoms with Gasteiger partial charge >= 0.3 is 5.97 Å². The van der Waals surface area contributed by atoms with Crippen molar-refractivity contribution in [2.45, 2.75) is 40.0 Å². The first-order valence-electron chi connectivity index (χ1n) is 5.90. The van der Waals surface area contributed by atoms with Crippen LogP contribution in [-0.4, -0.2) is 16.2 Å². The van der Waals surface area contributed by atoms with Crippen LogP contribution in [0.15, 0.2) is 16.6 Å². The summed E-state index contributed by atoms with van der Waals surface area (Å²) in [5.41, 5.74) is 0.777. The van der Waals surface area contributed by atoms with E-state index in [0.717, 1.165) is 10.0 Å². The zero-order valence-corrected chi connectivity index (χ0v) is 12.7. The number of carboxylic acid groups (broad SMARTS) is 1. The number of carboxylic acids is 1. The molecule has 0 aromatic heterocycles. The van der Waals surface area contributed by atoms with Crippen LogP contribution in [0.2, 0.25) is 0 Å². The van der Waals surface area contributed by atoms with Crippen LogP contribution in [-0.2, 0) is 11.2 Å². The van der Waals surface area contributed by atoms with E-state index in [1.165, 1.54) is 0 Å². The summed E-state index contributed by atoms with van der Waals surface area (Å²) in [4.78, 5) is 11.1.